The Bertz CT molecular complexity index is 1110. The van der Waals surface area contributed by atoms with Crippen molar-refractivity contribution in [2.45, 2.75) is 32.6 Å². The van der Waals surface area contributed by atoms with E-state index in [1.807, 2.05) is 13.8 Å². The van der Waals surface area contributed by atoms with Gasteiger partial charge in [0.05, 0.1) is 23.7 Å². The number of ether oxygens (including phenoxy) is 1. The van der Waals surface area contributed by atoms with E-state index in [1.54, 1.807) is 29.2 Å². The van der Waals surface area contributed by atoms with Crippen molar-refractivity contribution in [3.63, 3.8) is 0 Å². The first-order valence-corrected chi connectivity index (χ1v) is 11.3. The highest BCUT2D eigenvalue weighted by Gasteiger charge is 2.36. The molecule has 2 atom stereocenters. The smallest absolute Gasteiger partial charge is 0.293 e. The SMILES string of the molecule is C[C@@H]1CN(C(=O)c2ccc(/C=C3\SC(=O)N(Cc4c(F)cccc4F)C3=O)cc2)C[C@H](C)O1. The van der Waals surface area contributed by atoms with Crippen LogP contribution < -0.4 is 0 Å². The van der Waals surface area contributed by atoms with Gasteiger partial charge in [-0.3, -0.25) is 19.3 Å². The summed E-state index contributed by atoms with van der Waals surface area (Å²) in [7, 11) is 0. The number of carbonyl (C=O) groups excluding carboxylic acids is 3. The first-order chi connectivity index (χ1) is 15.7. The molecule has 6 nitrogen and oxygen atoms in total. The van der Waals surface area contributed by atoms with Crippen molar-refractivity contribution in [1.29, 1.82) is 0 Å². The Labute approximate surface area is 194 Å². The molecule has 3 amide bonds. The number of thioether (sulfide) groups is 1. The minimum Gasteiger partial charge on any atom is -0.372 e. The number of imide groups is 1. The van der Waals surface area contributed by atoms with Crippen LogP contribution >= 0.6 is 11.8 Å². The first kappa shape index (κ1) is 23.1. The number of morpholine rings is 1. The van der Waals surface area contributed by atoms with Crippen LogP contribution in [0.2, 0.25) is 0 Å². The summed E-state index contributed by atoms with van der Waals surface area (Å²) < 4.78 is 33.5. The van der Waals surface area contributed by atoms with E-state index < -0.39 is 29.3 Å². The lowest BCUT2D eigenvalue weighted by molar-refractivity contribution is -0.123. The quantitative estimate of drug-likeness (QED) is 0.615. The molecule has 4 rings (SSSR count). The van der Waals surface area contributed by atoms with E-state index in [0.29, 0.717) is 36.0 Å². The van der Waals surface area contributed by atoms with E-state index >= 15 is 0 Å². The fourth-order valence-electron chi connectivity index (χ4n) is 3.88. The minimum absolute atomic E-state index is 0.0366. The topological polar surface area (TPSA) is 66.9 Å². The van der Waals surface area contributed by atoms with Crippen molar-refractivity contribution >= 4 is 34.9 Å². The lowest BCUT2D eigenvalue weighted by atomic mass is 10.1. The number of benzene rings is 2. The summed E-state index contributed by atoms with van der Waals surface area (Å²) in [5.74, 6) is -2.36. The highest BCUT2D eigenvalue weighted by Crippen LogP contribution is 2.34. The van der Waals surface area contributed by atoms with Gasteiger partial charge in [-0.05, 0) is 61.5 Å². The summed E-state index contributed by atoms with van der Waals surface area (Å²) in [5.41, 5.74) is 0.796. The van der Waals surface area contributed by atoms with E-state index in [1.165, 1.54) is 12.1 Å². The highest BCUT2D eigenvalue weighted by molar-refractivity contribution is 8.18. The first-order valence-electron chi connectivity index (χ1n) is 10.5. The largest absolute Gasteiger partial charge is 0.372 e. The van der Waals surface area contributed by atoms with Crippen molar-refractivity contribution in [2.75, 3.05) is 13.1 Å². The van der Waals surface area contributed by atoms with E-state index in [2.05, 4.69) is 0 Å². The van der Waals surface area contributed by atoms with Gasteiger partial charge < -0.3 is 9.64 Å². The molecule has 0 bridgehead atoms. The molecule has 172 valence electrons. The number of nitrogens with zero attached hydrogens (tertiary/aromatic N) is 2. The highest BCUT2D eigenvalue weighted by atomic mass is 32.2. The summed E-state index contributed by atoms with van der Waals surface area (Å²) in [6.45, 7) is 4.39. The molecule has 2 fully saturated rings. The Balaban J connectivity index is 1.47. The Kier molecular flexibility index (Phi) is 6.62. The second-order valence-corrected chi connectivity index (χ2v) is 9.05. The Hall–Kier alpha value is -3.04. The molecular formula is C24H22F2N2O4S. The third kappa shape index (κ3) is 4.99. The third-order valence-electron chi connectivity index (χ3n) is 5.41. The van der Waals surface area contributed by atoms with Gasteiger partial charge in [0.1, 0.15) is 11.6 Å². The molecule has 9 heteroatoms. The average Bonchev–Trinajstić information content (AvgIpc) is 3.02. The predicted molar refractivity (Wildman–Crippen MR) is 120 cm³/mol. The van der Waals surface area contributed by atoms with Gasteiger partial charge in [0.15, 0.2) is 0 Å². The van der Waals surface area contributed by atoms with Crippen LogP contribution in [-0.4, -0.2) is 52.2 Å². The van der Waals surface area contributed by atoms with Crippen molar-refractivity contribution < 1.29 is 27.9 Å². The van der Waals surface area contributed by atoms with Crippen LogP contribution in [-0.2, 0) is 16.1 Å². The van der Waals surface area contributed by atoms with Gasteiger partial charge in [-0.15, -0.1) is 0 Å². The molecule has 2 aromatic carbocycles. The Morgan fingerprint density at radius 2 is 1.67 bits per heavy atom. The van der Waals surface area contributed by atoms with Crippen molar-refractivity contribution in [1.82, 2.24) is 9.80 Å². The normalized spacial score (nSPS) is 22.4. The minimum atomic E-state index is -0.817. The fraction of sp³-hybridized carbons (Fsp3) is 0.292. The molecule has 0 aromatic heterocycles. The number of halogens is 2. The van der Waals surface area contributed by atoms with Gasteiger partial charge in [-0.2, -0.15) is 0 Å². The molecule has 2 aliphatic heterocycles. The van der Waals surface area contributed by atoms with E-state index in [9.17, 15) is 23.2 Å². The number of hydrogen-bond donors (Lipinski definition) is 0. The van der Waals surface area contributed by atoms with Gasteiger partial charge in [0.25, 0.3) is 17.1 Å². The van der Waals surface area contributed by atoms with Gasteiger partial charge in [0, 0.05) is 24.2 Å². The van der Waals surface area contributed by atoms with E-state index in [4.69, 9.17) is 4.74 Å². The summed E-state index contributed by atoms with van der Waals surface area (Å²) in [6, 6.07) is 10.1. The number of amides is 3. The maximum Gasteiger partial charge on any atom is 0.293 e. The van der Waals surface area contributed by atoms with Gasteiger partial charge in [0.2, 0.25) is 0 Å². The molecule has 33 heavy (non-hydrogen) atoms. The maximum atomic E-state index is 13.9. The molecule has 2 saturated heterocycles. The summed E-state index contributed by atoms with van der Waals surface area (Å²) in [5, 5.41) is -0.601. The van der Waals surface area contributed by atoms with E-state index in [0.717, 1.165) is 17.0 Å². The van der Waals surface area contributed by atoms with Crippen LogP contribution in [0.3, 0.4) is 0 Å². The zero-order chi connectivity index (χ0) is 23.7. The van der Waals surface area contributed by atoms with Crippen LogP contribution in [0.25, 0.3) is 6.08 Å². The second kappa shape index (κ2) is 9.44. The van der Waals surface area contributed by atoms with Crippen LogP contribution in [0.1, 0.15) is 35.3 Å². The number of carbonyl (C=O) groups is 3. The Morgan fingerprint density at radius 1 is 1.06 bits per heavy atom. The molecule has 0 N–H and O–H groups in total. The third-order valence-corrected chi connectivity index (χ3v) is 6.32. The summed E-state index contributed by atoms with van der Waals surface area (Å²) >= 11 is 0.706. The number of rotatable bonds is 4. The summed E-state index contributed by atoms with van der Waals surface area (Å²) in [4.78, 5) is 40.5. The predicted octanol–water partition coefficient (Wildman–Crippen LogP) is 4.45. The molecule has 0 saturated carbocycles. The molecular weight excluding hydrogens is 450 g/mol. The number of hydrogen-bond acceptors (Lipinski definition) is 5. The van der Waals surface area contributed by atoms with Gasteiger partial charge in [-0.25, -0.2) is 8.78 Å². The standard InChI is InChI=1S/C24H22F2N2O4S/c1-14-11-27(12-15(2)32-14)22(29)17-8-6-16(7-9-17)10-21-23(30)28(24(31)33-21)13-18-19(25)4-3-5-20(18)26/h3-10,14-15H,11-13H2,1-2H3/b21-10-/t14-,15+. The van der Waals surface area contributed by atoms with Gasteiger partial charge in [-0.1, -0.05) is 18.2 Å². The van der Waals surface area contributed by atoms with Crippen molar-refractivity contribution in [2.24, 2.45) is 0 Å². The molecule has 2 heterocycles. The molecule has 0 radical (unpaired) electrons. The zero-order valence-corrected chi connectivity index (χ0v) is 18.9. The van der Waals surface area contributed by atoms with E-state index in [-0.39, 0.29) is 28.6 Å². The average molecular weight is 473 g/mol. The molecule has 2 aromatic rings. The molecule has 2 aliphatic rings. The lowest BCUT2D eigenvalue weighted by Gasteiger charge is -2.35. The van der Waals surface area contributed by atoms with Crippen LogP contribution in [0.5, 0.6) is 0 Å². The van der Waals surface area contributed by atoms with Crippen LogP contribution in [0.15, 0.2) is 47.4 Å². The monoisotopic (exact) mass is 472 g/mol. The van der Waals surface area contributed by atoms with Crippen LogP contribution in [0.4, 0.5) is 13.6 Å². The lowest BCUT2D eigenvalue weighted by Crippen LogP contribution is -2.48. The Morgan fingerprint density at radius 3 is 2.27 bits per heavy atom. The summed E-state index contributed by atoms with van der Waals surface area (Å²) in [6.07, 6.45) is 1.45. The fourth-order valence-corrected chi connectivity index (χ4v) is 4.72. The van der Waals surface area contributed by atoms with Crippen molar-refractivity contribution in [3.05, 3.63) is 75.7 Å². The molecule has 0 spiro atoms. The molecule has 0 unspecified atom stereocenters. The van der Waals surface area contributed by atoms with Gasteiger partial charge >= 0.3 is 0 Å². The zero-order valence-electron chi connectivity index (χ0n) is 18.1. The molecule has 0 aliphatic carbocycles. The second-order valence-electron chi connectivity index (χ2n) is 8.06. The van der Waals surface area contributed by atoms with Crippen molar-refractivity contribution in [3.8, 4) is 0 Å². The van der Waals surface area contributed by atoms with Crippen LogP contribution in [0, 0.1) is 11.6 Å². The maximum absolute atomic E-state index is 13.9.